The van der Waals surface area contributed by atoms with Gasteiger partial charge in [0.2, 0.25) is 0 Å². The predicted octanol–water partition coefficient (Wildman–Crippen LogP) is 3.09. The molecule has 1 aromatic rings. The normalized spacial score (nSPS) is 23.7. The minimum atomic E-state index is -0.795. The maximum Gasteiger partial charge on any atom is 0.125 e. The minimum absolute atomic E-state index is 0.508. The molecule has 1 fully saturated rings. The summed E-state index contributed by atoms with van der Waals surface area (Å²) in [6, 6.07) is 9.49. The molecule has 82 valence electrons. The fourth-order valence-electron chi connectivity index (χ4n) is 2.22. The van der Waals surface area contributed by atoms with Crippen molar-refractivity contribution in [1.82, 2.24) is 5.32 Å². The van der Waals surface area contributed by atoms with Gasteiger partial charge in [-0.25, -0.2) is 4.39 Å². The summed E-state index contributed by atoms with van der Waals surface area (Å²) in [5.74, 6) is 0.508. The first-order valence-electron chi connectivity index (χ1n) is 5.76. The van der Waals surface area contributed by atoms with Crippen LogP contribution in [0.3, 0.4) is 0 Å². The van der Waals surface area contributed by atoms with Gasteiger partial charge in [-0.1, -0.05) is 30.3 Å². The summed E-state index contributed by atoms with van der Waals surface area (Å²) in [4.78, 5) is 0. The van der Waals surface area contributed by atoms with Gasteiger partial charge in [0, 0.05) is 0 Å². The van der Waals surface area contributed by atoms with Crippen LogP contribution < -0.4 is 5.32 Å². The highest BCUT2D eigenvalue weighted by molar-refractivity contribution is 5.17. The Labute approximate surface area is 90.7 Å². The molecule has 2 atom stereocenters. The summed E-state index contributed by atoms with van der Waals surface area (Å²) >= 11 is 0. The molecule has 0 aromatic heterocycles. The van der Waals surface area contributed by atoms with E-state index in [2.05, 4.69) is 5.32 Å². The Bertz CT molecular complexity index is 280. The lowest BCUT2D eigenvalue weighted by Crippen LogP contribution is -2.30. The van der Waals surface area contributed by atoms with Gasteiger partial charge in [0.15, 0.2) is 0 Å². The van der Waals surface area contributed by atoms with Gasteiger partial charge in [-0.2, -0.15) is 0 Å². The molecule has 0 amide bonds. The van der Waals surface area contributed by atoms with E-state index in [0.29, 0.717) is 12.3 Å². The third kappa shape index (κ3) is 3.03. The van der Waals surface area contributed by atoms with Crippen molar-refractivity contribution in [1.29, 1.82) is 0 Å². The molecule has 0 radical (unpaired) electrons. The van der Waals surface area contributed by atoms with E-state index in [1.807, 2.05) is 30.3 Å². The van der Waals surface area contributed by atoms with Gasteiger partial charge in [0.05, 0.1) is 0 Å². The number of benzene rings is 1. The number of halogens is 1. The molecule has 1 heterocycles. The molecule has 0 spiro atoms. The highest BCUT2D eigenvalue weighted by Crippen LogP contribution is 2.27. The van der Waals surface area contributed by atoms with Crippen molar-refractivity contribution in [2.24, 2.45) is 5.92 Å². The molecule has 1 aromatic carbocycles. The topological polar surface area (TPSA) is 12.0 Å². The molecule has 2 unspecified atom stereocenters. The van der Waals surface area contributed by atoms with Gasteiger partial charge in [-0.05, 0) is 43.8 Å². The van der Waals surface area contributed by atoms with E-state index in [1.165, 1.54) is 12.8 Å². The van der Waals surface area contributed by atoms with E-state index in [-0.39, 0.29) is 0 Å². The summed E-state index contributed by atoms with van der Waals surface area (Å²) in [5.41, 5.74) is 0.822. The number of alkyl halides is 1. The molecule has 1 N–H and O–H groups in total. The molecule has 2 heteroatoms. The van der Waals surface area contributed by atoms with Crippen molar-refractivity contribution in [3.8, 4) is 0 Å². The molecular weight excluding hydrogens is 189 g/mol. The van der Waals surface area contributed by atoms with Gasteiger partial charge in [-0.15, -0.1) is 0 Å². The van der Waals surface area contributed by atoms with Crippen molar-refractivity contribution in [2.45, 2.75) is 25.4 Å². The molecule has 0 bridgehead atoms. The highest BCUT2D eigenvalue weighted by Gasteiger charge is 2.19. The first-order valence-corrected chi connectivity index (χ1v) is 5.76. The second-order valence-electron chi connectivity index (χ2n) is 4.33. The zero-order valence-corrected chi connectivity index (χ0v) is 8.95. The van der Waals surface area contributed by atoms with E-state index >= 15 is 0 Å². The van der Waals surface area contributed by atoms with Crippen molar-refractivity contribution < 1.29 is 4.39 Å². The molecule has 15 heavy (non-hydrogen) atoms. The van der Waals surface area contributed by atoms with Crippen molar-refractivity contribution in [3.05, 3.63) is 35.9 Å². The van der Waals surface area contributed by atoms with Crippen molar-refractivity contribution >= 4 is 0 Å². The molecule has 2 rings (SSSR count). The average molecular weight is 207 g/mol. The maximum absolute atomic E-state index is 13.9. The van der Waals surface area contributed by atoms with Crippen molar-refractivity contribution in [3.63, 3.8) is 0 Å². The summed E-state index contributed by atoms with van der Waals surface area (Å²) in [5, 5.41) is 3.32. The second-order valence-corrected chi connectivity index (χ2v) is 4.33. The first kappa shape index (κ1) is 10.6. The van der Waals surface area contributed by atoms with E-state index in [0.717, 1.165) is 18.7 Å². The van der Waals surface area contributed by atoms with Crippen molar-refractivity contribution in [2.75, 3.05) is 13.1 Å². The minimum Gasteiger partial charge on any atom is -0.316 e. The zero-order valence-electron chi connectivity index (χ0n) is 8.95. The van der Waals surface area contributed by atoms with Crippen LogP contribution in [0.1, 0.15) is 31.0 Å². The van der Waals surface area contributed by atoms with Crippen LogP contribution in [-0.2, 0) is 0 Å². The monoisotopic (exact) mass is 207 g/mol. The maximum atomic E-state index is 13.9. The standard InChI is InChI=1S/C13H18FN/c14-13(12-6-2-1-3-7-12)9-11-5-4-8-15-10-11/h1-3,6-7,11,13,15H,4-5,8-10H2. The third-order valence-electron chi connectivity index (χ3n) is 3.10. The second kappa shape index (κ2) is 5.26. The van der Waals surface area contributed by atoms with Crippen LogP contribution in [0.25, 0.3) is 0 Å². The number of hydrogen-bond acceptors (Lipinski definition) is 1. The van der Waals surface area contributed by atoms with E-state index in [1.54, 1.807) is 0 Å². The average Bonchev–Trinajstić information content (AvgIpc) is 2.31. The van der Waals surface area contributed by atoms with E-state index in [4.69, 9.17) is 0 Å². The highest BCUT2D eigenvalue weighted by atomic mass is 19.1. The van der Waals surface area contributed by atoms with Gasteiger partial charge < -0.3 is 5.32 Å². The lowest BCUT2D eigenvalue weighted by Gasteiger charge is -2.24. The molecule has 1 aliphatic heterocycles. The molecule has 0 aliphatic carbocycles. The van der Waals surface area contributed by atoms with E-state index < -0.39 is 6.17 Å². The Morgan fingerprint density at radius 3 is 2.80 bits per heavy atom. The number of piperidine rings is 1. The smallest absolute Gasteiger partial charge is 0.125 e. The van der Waals surface area contributed by atoms with Crippen LogP contribution in [0.4, 0.5) is 4.39 Å². The van der Waals surface area contributed by atoms with Gasteiger partial charge in [-0.3, -0.25) is 0 Å². The Morgan fingerprint density at radius 2 is 2.13 bits per heavy atom. The number of nitrogens with one attached hydrogen (secondary N) is 1. The number of rotatable bonds is 3. The molecular formula is C13H18FN. The van der Waals surface area contributed by atoms with Gasteiger partial charge >= 0.3 is 0 Å². The Kier molecular flexibility index (Phi) is 3.73. The third-order valence-corrected chi connectivity index (χ3v) is 3.10. The van der Waals surface area contributed by atoms with E-state index in [9.17, 15) is 4.39 Å². The summed E-state index contributed by atoms with van der Waals surface area (Å²) in [6.07, 6.45) is 2.22. The lowest BCUT2D eigenvalue weighted by atomic mass is 9.92. The van der Waals surface area contributed by atoms with Crippen LogP contribution in [-0.4, -0.2) is 13.1 Å². The fraction of sp³-hybridized carbons (Fsp3) is 0.538. The van der Waals surface area contributed by atoms with Crippen LogP contribution >= 0.6 is 0 Å². The van der Waals surface area contributed by atoms with Crippen LogP contribution in [0.5, 0.6) is 0 Å². The SMILES string of the molecule is FC(CC1CCCNC1)c1ccccc1. The summed E-state index contributed by atoms with van der Waals surface area (Å²) in [6.45, 7) is 2.08. The van der Waals surface area contributed by atoms with Crippen LogP contribution in [0.15, 0.2) is 30.3 Å². The van der Waals surface area contributed by atoms with Gasteiger partial charge in [0.25, 0.3) is 0 Å². The first-order chi connectivity index (χ1) is 7.36. The van der Waals surface area contributed by atoms with Crippen LogP contribution in [0, 0.1) is 5.92 Å². The van der Waals surface area contributed by atoms with Crippen LogP contribution in [0.2, 0.25) is 0 Å². The zero-order chi connectivity index (χ0) is 10.5. The fourth-order valence-corrected chi connectivity index (χ4v) is 2.22. The Balaban J connectivity index is 1.88. The summed E-state index contributed by atoms with van der Waals surface area (Å²) in [7, 11) is 0. The Morgan fingerprint density at radius 1 is 1.33 bits per heavy atom. The lowest BCUT2D eigenvalue weighted by molar-refractivity contribution is 0.243. The van der Waals surface area contributed by atoms with Gasteiger partial charge in [0.1, 0.15) is 6.17 Å². The molecule has 1 aliphatic rings. The molecule has 1 nitrogen and oxygen atoms in total. The quantitative estimate of drug-likeness (QED) is 0.803. The molecule has 0 saturated carbocycles. The molecule has 1 saturated heterocycles. The number of hydrogen-bond donors (Lipinski definition) is 1. The largest absolute Gasteiger partial charge is 0.316 e. The Hall–Kier alpha value is -0.890. The predicted molar refractivity (Wildman–Crippen MR) is 60.5 cm³/mol. The summed E-state index contributed by atoms with van der Waals surface area (Å²) < 4.78 is 13.9.